The summed E-state index contributed by atoms with van der Waals surface area (Å²) >= 11 is 17.9. The lowest BCUT2D eigenvalue weighted by molar-refractivity contribution is 0.102. The third kappa shape index (κ3) is 2.69. The van der Waals surface area contributed by atoms with Gasteiger partial charge in [-0.05, 0) is 28.1 Å². The molecule has 0 saturated carbocycles. The van der Waals surface area contributed by atoms with Crippen LogP contribution in [-0.2, 0) is 0 Å². The molecule has 0 fully saturated rings. The van der Waals surface area contributed by atoms with Crippen LogP contribution in [0.15, 0.2) is 16.6 Å². The van der Waals surface area contributed by atoms with Gasteiger partial charge in [-0.25, -0.2) is 0 Å². The lowest BCUT2D eigenvalue weighted by atomic mass is 10.1. The Labute approximate surface area is 103 Å². The van der Waals surface area contributed by atoms with Gasteiger partial charge in [0.2, 0.25) is 0 Å². The fourth-order valence-electron chi connectivity index (χ4n) is 0.875. The molecule has 0 spiro atoms. The van der Waals surface area contributed by atoms with Crippen molar-refractivity contribution in [2.75, 3.05) is 5.33 Å². The van der Waals surface area contributed by atoms with Crippen molar-refractivity contribution >= 4 is 60.8 Å². The highest BCUT2D eigenvalue weighted by Crippen LogP contribution is 2.29. The summed E-state index contributed by atoms with van der Waals surface area (Å²) in [5.74, 6) is -0.0754. The second kappa shape index (κ2) is 4.78. The number of rotatable bonds is 2. The van der Waals surface area contributed by atoms with Crippen LogP contribution in [0.4, 0.5) is 0 Å². The van der Waals surface area contributed by atoms with Crippen molar-refractivity contribution in [3.8, 4) is 0 Å². The van der Waals surface area contributed by atoms with Crippen LogP contribution in [0.25, 0.3) is 0 Å². The van der Waals surface area contributed by atoms with Gasteiger partial charge in [0.25, 0.3) is 0 Å². The predicted molar refractivity (Wildman–Crippen MR) is 62.3 cm³/mol. The van der Waals surface area contributed by atoms with Crippen LogP contribution in [0.2, 0.25) is 10.0 Å². The van der Waals surface area contributed by atoms with E-state index in [0.717, 1.165) is 0 Å². The summed E-state index contributed by atoms with van der Waals surface area (Å²) in [6.07, 6.45) is 0. The summed E-state index contributed by atoms with van der Waals surface area (Å²) < 4.78 is 0.620. The largest absolute Gasteiger partial charge is 0.293 e. The minimum absolute atomic E-state index is 0.0754. The number of halogens is 4. The van der Waals surface area contributed by atoms with Gasteiger partial charge in [0, 0.05) is 9.50 Å². The first kappa shape index (κ1) is 11.5. The molecule has 1 aromatic carbocycles. The first-order valence-electron chi connectivity index (χ1n) is 3.30. The van der Waals surface area contributed by atoms with Crippen molar-refractivity contribution < 1.29 is 4.79 Å². The number of ketones is 1. The third-order valence-corrected chi connectivity index (χ3v) is 3.06. The van der Waals surface area contributed by atoms with Crippen LogP contribution in [0.5, 0.6) is 0 Å². The summed E-state index contributed by atoms with van der Waals surface area (Å²) in [5, 5.41) is 1.11. The number of carbonyl (C=O) groups is 1. The van der Waals surface area contributed by atoms with Crippen LogP contribution >= 0.6 is 55.1 Å². The normalized spacial score (nSPS) is 10.2. The monoisotopic (exact) mass is 344 g/mol. The van der Waals surface area contributed by atoms with Gasteiger partial charge in [0.15, 0.2) is 5.78 Å². The molecule has 1 aromatic rings. The fraction of sp³-hybridized carbons (Fsp3) is 0.125. The van der Waals surface area contributed by atoms with Gasteiger partial charge in [-0.3, -0.25) is 4.79 Å². The highest BCUT2D eigenvalue weighted by molar-refractivity contribution is 9.10. The molecule has 1 rings (SSSR count). The Kier molecular flexibility index (Phi) is 4.23. The molecule has 1 nitrogen and oxygen atoms in total. The average molecular weight is 347 g/mol. The quantitative estimate of drug-likeness (QED) is 0.575. The van der Waals surface area contributed by atoms with E-state index in [9.17, 15) is 4.79 Å². The molecule has 0 radical (unpaired) electrons. The third-order valence-electron chi connectivity index (χ3n) is 1.41. The van der Waals surface area contributed by atoms with Gasteiger partial charge in [0.1, 0.15) is 0 Å². The number of hydrogen-bond acceptors (Lipinski definition) is 1. The maximum atomic E-state index is 11.4. The summed E-state index contributed by atoms with van der Waals surface area (Å²) in [5.41, 5.74) is 0.461. The Bertz CT molecular complexity index is 329. The van der Waals surface area contributed by atoms with E-state index in [1.54, 1.807) is 12.1 Å². The van der Waals surface area contributed by atoms with E-state index in [1.165, 1.54) is 0 Å². The molecule has 0 saturated heterocycles. The Hall–Kier alpha value is 0.430. The number of carbonyl (C=O) groups excluding carboxylic acids is 1. The van der Waals surface area contributed by atoms with Gasteiger partial charge in [0.05, 0.1) is 15.9 Å². The summed E-state index contributed by atoms with van der Waals surface area (Å²) in [6.45, 7) is 0. The number of alkyl halides is 1. The second-order valence-electron chi connectivity index (χ2n) is 2.30. The maximum absolute atomic E-state index is 11.4. The molecule has 0 unspecified atom stereocenters. The molecule has 5 heteroatoms. The van der Waals surface area contributed by atoms with Crippen LogP contribution in [-0.4, -0.2) is 11.1 Å². The molecule has 70 valence electrons. The topological polar surface area (TPSA) is 17.1 Å². The predicted octanol–water partition coefficient (Wildman–Crippen LogP) is 4.33. The molecule has 0 aliphatic rings. The van der Waals surface area contributed by atoms with E-state index < -0.39 is 0 Å². The van der Waals surface area contributed by atoms with Crippen molar-refractivity contribution in [3.05, 3.63) is 32.2 Å². The molecule has 0 atom stereocenters. The zero-order chi connectivity index (χ0) is 10.0. The summed E-state index contributed by atoms with van der Waals surface area (Å²) in [7, 11) is 0. The number of benzene rings is 1. The minimum atomic E-state index is -0.0754. The molecular weight excluding hydrogens is 343 g/mol. The standard InChI is InChI=1S/C8H4Br2Cl2O/c9-3-7(13)8-5(10)1-4(11)2-6(8)12/h1-2H,3H2. The number of Topliss-reactive ketones (excluding diaryl/α,β-unsaturated/α-hetero) is 1. The molecule has 0 amide bonds. The second-order valence-corrected chi connectivity index (χ2v) is 4.56. The van der Waals surface area contributed by atoms with Gasteiger partial charge in [-0.15, -0.1) is 0 Å². The average Bonchev–Trinajstić information content (AvgIpc) is 2.02. The zero-order valence-electron chi connectivity index (χ0n) is 6.28. The maximum Gasteiger partial charge on any atom is 0.176 e. The lowest BCUT2D eigenvalue weighted by Crippen LogP contribution is -2.02. The Morgan fingerprint density at radius 2 is 2.00 bits per heavy atom. The van der Waals surface area contributed by atoms with Crippen LogP contribution in [0, 0.1) is 0 Å². The van der Waals surface area contributed by atoms with Gasteiger partial charge in [-0.2, -0.15) is 0 Å². The summed E-state index contributed by atoms with van der Waals surface area (Å²) in [4.78, 5) is 11.4. The zero-order valence-corrected chi connectivity index (χ0v) is 11.0. The van der Waals surface area contributed by atoms with E-state index in [0.29, 0.717) is 20.1 Å². The smallest absolute Gasteiger partial charge is 0.176 e. The Morgan fingerprint density at radius 3 is 2.46 bits per heavy atom. The highest BCUT2D eigenvalue weighted by atomic mass is 79.9. The van der Waals surface area contributed by atoms with E-state index in [2.05, 4.69) is 31.9 Å². The first-order chi connectivity index (χ1) is 6.06. The van der Waals surface area contributed by atoms with Crippen molar-refractivity contribution in [2.24, 2.45) is 0 Å². The lowest BCUT2D eigenvalue weighted by Gasteiger charge is -2.04. The fourth-order valence-corrected chi connectivity index (χ4v) is 2.68. The van der Waals surface area contributed by atoms with Crippen LogP contribution < -0.4 is 0 Å². The molecule has 0 aliphatic heterocycles. The van der Waals surface area contributed by atoms with E-state index >= 15 is 0 Å². The van der Waals surface area contributed by atoms with E-state index in [-0.39, 0.29) is 11.1 Å². The first-order valence-corrected chi connectivity index (χ1v) is 5.97. The molecule has 0 bridgehead atoms. The molecule has 13 heavy (non-hydrogen) atoms. The van der Waals surface area contributed by atoms with Crippen molar-refractivity contribution in [3.63, 3.8) is 0 Å². The molecule has 0 N–H and O–H groups in total. The molecule has 0 aliphatic carbocycles. The van der Waals surface area contributed by atoms with Crippen molar-refractivity contribution in [2.45, 2.75) is 0 Å². The molecular formula is C8H4Br2Cl2O. The van der Waals surface area contributed by atoms with E-state index in [4.69, 9.17) is 23.2 Å². The molecule has 0 aromatic heterocycles. The van der Waals surface area contributed by atoms with Crippen LogP contribution in [0.1, 0.15) is 10.4 Å². The van der Waals surface area contributed by atoms with E-state index in [1.807, 2.05) is 0 Å². The Balaban J connectivity index is 3.28. The Morgan fingerprint density at radius 1 is 1.38 bits per heavy atom. The van der Waals surface area contributed by atoms with Gasteiger partial charge >= 0.3 is 0 Å². The minimum Gasteiger partial charge on any atom is -0.293 e. The number of hydrogen-bond donors (Lipinski definition) is 0. The molecule has 0 heterocycles. The SMILES string of the molecule is O=C(CBr)c1c(Cl)cc(Cl)cc1Br. The summed E-state index contributed by atoms with van der Waals surface area (Å²) in [6, 6.07) is 3.19. The van der Waals surface area contributed by atoms with Gasteiger partial charge < -0.3 is 0 Å². The van der Waals surface area contributed by atoms with Crippen molar-refractivity contribution in [1.82, 2.24) is 0 Å². The van der Waals surface area contributed by atoms with Gasteiger partial charge in [-0.1, -0.05) is 39.1 Å². The van der Waals surface area contributed by atoms with Crippen molar-refractivity contribution in [1.29, 1.82) is 0 Å². The van der Waals surface area contributed by atoms with Crippen LogP contribution in [0.3, 0.4) is 0 Å². The highest BCUT2D eigenvalue weighted by Gasteiger charge is 2.13.